The van der Waals surface area contributed by atoms with Crippen molar-refractivity contribution in [3.8, 4) is 0 Å². The molecule has 0 saturated heterocycles. The molecule has 130 valence electrons. The Labute approximate surface area is 154 Å². The third-order valence-corrected chi connectivity index (χ3v) is 4.91. The first-order valence-corrected chi connectivity index (χ1v) is 8.90. The minimum Gasteiger partial charge on any atom is -0.743 e. The second-order valence-electron chi connectivity index (χ2n) is 4.09. The zero-order valence-electron chi connectivity index (χ0n) is 10.5. The number of benzene rings is 1. The van der Waals surface area contributed by atoms with Gasteiger partial charge in [0.2, 0.25) is 6.04 Å². The average molecular weight is 584 g/mol. The van der Waals surface area contributed by atoms with E-state index in [4.69, 9.17) is 0 Å². The molecule has 0 radical (unpaired) electrons. The molecule has 0 aliphatic rings. The van der Waals surface area contributed by atoms with E-state index in [1.54, 1.807) is 22.6 Å². The van der Waals surface area contributed by atoms with Crippen molar-refractivity contribution >= 4 is 61.2 Å². The van der Waals surface area contributed by atoms with Gasteiger partial charge in [-0.05, 0) is 63.4 Å². The third kappa shape index (κ3) is 4.85. The fraction of sp³-hybridized carbons (Fsp3) is 0.300. The number of nitrogens with one attached hydrogen (secondary N) is 1. The molecule has 1 aromatic carbocycles. The molecule has 23 heavy (non-hydrogen) atoms. The van der Waals surface area contributed by atoms with Gasteiger partial charge in [0.1, 0.15) is 0 Å². The van der Waals surface area contributed by atoms with Crippen LogP contribution in [-0.4, -0.2) is 36.4 Å². The van der Waals surface area contributed by atoms with Crippen LogP contribution in [0.15, 0.2) is 18.2 Å². The normalized spacial score (nSPS) is 14.4. The Morgan fingerprint density at radius 3 is 2.09 bits per heavy atom. The molecule has 0 saturated carbocycles. The molecule has 5 nitrogen and oxygen atoms in total. The van der Waals surface area contributed by atoms with Gasteiger partial charge in [-0.2, -0.15) is 22.0 Å². The molecular weight excluding hydrogens is 579 g/mol. The van der Waals surface area contributed by atoms with Crippen LogP contribution in [0.25, 0.3) is 0 Å². The summed E-state index contributed by atoms with van der Waals surface area (Å²) in [6.45, 7) is 0. The highest BCUT2D eigenvalue weighted by molar-refractivity contribution is 14.1. The Balaban J connectivity index is 3.25. The molecule has 1 rings (SSSR count). The summed E-state index contributed by atoms with van der Waals surface area (Å²) >= 11 is 3.44. The first kappa shape index (κ1) is 20.8. The Morgan fingerprint density at radius 1 is 1.17 bits per heavy atom. The molecule has 0 aromatic heterocycles. The van der Waals surface area contributed by atoms with E-state index in [1.807, 2.05) is 22.6 Å². The standard InChI is InChI=1S/C10H6F5I2NO4S/c11-9(12,13)8(10(14,15)23(20,21)22)18-7(19)5-2-1-4(16)3-6(5)17/h1-3,8H,(H,18,19)(H,20,21,22)/p-1. The Bertz CT molecular complexity index is 722. The molecule has 1 N–H and O–H groups in total. The maximum absolute atomic E-state index is 13.3. The quantitative estimate of drug-likeness (QED) is 0.336. The third-order valence-electron chi connectivity index (χ3n) is 2.45. The van der Waals surface area contributed by atoms with Crippen LogP contribution in [-0.2, 0) is 10.1 Å². The van der Waals surface area contributed by atoms with Gasteiger partial charge in [-0.25, -0.2) is 8.42 Å². The number of hydrogen-bond acceptors (Lipinski definition) is 4. The Hall–Kier alpha value is -0.290. The van der Waals surface area contributed by atoms with Crippen molar-refractivity contribution in [2.45, 2.75) is 17.5 Å². The number of hydrogen-bond donors (Lipinski definition) is 1. The number of alkyl halides is 5. The summed E-state index contributed by atoms with van der Waals surface area (Å²) in [5.74, 6) is -1.59. The van der Waals surface area contributed by atoms with E-state index in [0.717, 1.165) is 11.4 Å². The van der Waals surface area contributed by atoms with Gasteiger partial charge in [-0.3, -0.25) is 4.79 Å². The van der Waals surface area contributed by atoms with E-state index < -0.39 is 33.5 Å². The van der Waals surface area contributed by atoms with Crippen molar-refractivity contribution in [2.24, 2.45) is 0 Å². The molecule has 0 heterocycles. The van der Waals surface area contributed by atoms with Crippen LogP contribution < -0.4 is 5.32 Å². The molecule has 1 amide bonds. The first-order chi connectivity index (χ1) is 10.2. The summed E-state index contributed by atoms with van der Waals surface area (Å²) in [4.78, 5) is 11.8. The molecule has 13 heteroatoms. The molecule has 1 aromatic rings. The maximum Gasteiger partial charge on any atom is 0.415 e. The molecule has 1 unspecified atom stereocenters. The lowest BCUT2D eigenvalue weighted by Gasteiger charge is -2.30. The number of carbonyl (C=O) groups is 1. The summed E-state index contributed by atoms with van der Waals surface area (Å²) in [5.41, 5.74) is -0.376. The zero-order valence-corrected chi connectivity index (χ0v) is 15.6. The van der Waals surface area contributed by atoms with Crippen molar-refractivity contribution < 1.29 is 39.7 Å². The monoisotopic (exact) mass is 584 g/mol. The minimum atomic E-state index is -6.65. The van der Waals surface area contributed by atoms with E-state index in [-0.39, 0.29) is 9.13 Å². The Morgan fingerprint density at radius 2 is 1.70 bits per heavy atom. The highest BCUT2D eigenvalue weighted by Gasteiger charge is 2.60. The van der Waals surface area contributed by atoms with Gasteiger partial charge in [-0.15, -0.1) is 0 Å². The van der Waals surface area contributed by atoms with Crippen LogP contribution in [0, 0.1) is 7.14 Å². The molecule has 0 bridgehead atoms. The van der Waals surface area contributed by atoms with Gasteiger partial charge in [0.25, 0.3) is 5.91 Å². The van der Waals surface area contributed by atoms with Crippen molar-refractivity contribution in [1.82, 2.24) is 5.32 Å². The van der Waals surface area contributed by atoms with E-state index >= 15 is 0 Å². The molecule has 0 spiro atoms. The van der Waals surface area contributed by atoms with Gasteiger partial charge in [-0.1, -0.05) is 0 Å². The van der Waals surface area contributed by atoms with E-state index in [2.05, 4.69) is 0 Å². The summed E-state index contributed by atoms with van der Waals surface area (Å²) in [6, 6.07) is -0.361. The second-order valence-corrected chi connectivity index (χ2v) is 7.95. The predicted molar refractivity (Wildman–Crippen MR) is 83.8 cm³/mol. The zero-order chi connectivity index (χ0) is 18.2. The van der Waals surface area contributed by atoms with E-state index in [0.29, 0.717) is 3.57 Å². The topological polar surface area (TPSA) is 86.3 Å². The average Bonchev–Trinajstić information content (AvgIpc) is 2.32. The van der Waals surface area contributed by atoms with Gasteiger partial charge in [0, 0.05) is 7.14 Å². The van der Waals surface area contributed by atoms with Crippen LogP contribution in [0.4, 0.5) is 22.0 Å². The maximum atomic E-state index is 13.3. The number of carbonyl (C=O) groups excluding carboxylic acids is 1. The molecular formula is C10H5F5I2NO4S-. The number of amides is 1. The van der Waals surface area contributed by atoms with E-state index in [1.165, 1.54) is 12.1 Å². The minimum absolute atomic E-state index is 0.154. The van der Waals surface area contributed by atoms with Gasteiger partial charge in [0.15, 0.2) is 10.1 Å². The van der Waals surface area contributed by atoms with Gasteiger partial charge in [0.05, 0.1) is 5.56 Å². The second kappa shape index (κ2) is 6.91. The number of halogens is 7. The smallest absolute Gasteiger partial charge is 0.415 e. The van der Waals surface area contributed by atoms with Crippen LogP contribution >= 0.6 is 45.2 Å². The first-order valence-electron chi connectivity index (χ1n) is 5.34. The fourth-order valence-electron chi connectivity index (χ4n) is 1.38. The van der Waals surface area contributed by atoms with Crippen molar-refractivity contribution in [3.63, 3.8) is 0 Å². The van der Waals surface area contributed by atoms with Crippen molar-refractivity contribution in [3.05, 3.63) is 30.9 Å². The summed E-state index contributed by atoms with van der Waals surface area (Å²) in [6.07, 6.45) is -5.86. The summed E-state index contributed by atoms with van der Waals surface area (Å²) < 4.78 is 96.7. The lowest BCUT2D eigenvalue weighted by molar-refractivity contribution is -0.191. The predicted octanol–water partition coefficient (Wildman–Crippen LogP) is 2.69. The Kier molecular flexibility index (Phi) is 6.23. The van der Waals surface area contributed by atoms with Crippen LogP contribution in [0.3, 0.4) is 0 Å². The van der Waals surface area contributed by atoms with E-state index in [9.17, 15) is 39.7 Å². The van der Waals surface area contributed by atoms with Crippen LogP contribution in [0.1, 0.15) is 10.4 Å². The molecule has 0 fully saturated rings. The summed E-state index contributed by atoms with van der Waals surface area (Å²) in [7, 11) is -6.65. The van der Waals surface area contributed by atoms with Crippen LogP contribution in [0.5, 0.6) is 0 Å². The van der Waals surface area contributed by atoms with Crippen molar-refractivity contribution in [2.75, 3.05) is 0 Å². The summed E-state index contributed by atoms with van der Waals surface area (Å²) in [5, 5.41) is -4.87. The SMILES string of the molecule is O=C(NC(C(F)(F)F)C(F)(F)S(=O)(=O)[O-])c1ccc(I)cc1I. The largest absolute Gasteiger partial charge is 0.743 e. The highest BCUT2D eigenvalue weighted by Crippen LogP contribution is 2.35. The van der Waals surface area contributed by atoms with Gasteiger partial charge < -0.3 is 9.87 Å². The van der Waals surface area contributed by atoms with Crippen molar-refractivity contribution in [1.29, 1.82) is 0 Å². The van der Waals surface area contributed by atoms with Gasteiger partial charge >= 0.3 is 11.4 Å². The van der Waals surface area contributed by atoms with Crippen LogP contribution in [0.2, 0.25) is 0 Å². The molecule has 1 atom stereocenters. The molecule has 0 aliphatic carbocycles. The fourth-order valence-corrected chi connectivity index (χ4v) is 3.71. The lowest BCUT2D eigenvalue weighted by atomic mass is 10.2. The molecule has 0 aliphatic heterocycles. The highest BCUT2D eigenvalue weighted by atomic mass is 127. The number of rotatable bonds is 4. The lowest BCUT2D eigenvalue weighted by Crippen LogP contribution is -2.59.